The zero-order valence-corrected chi connectivity index (χ0v) is 8.49. The molecule has 3 nitrogen and oxygen atoms in total. The maximum Gasteiger partial charge on any atom is 0.177 e. The highest BCUT2D eigenvalue weighted by Crippen LogP contribution is 2.31. The standard InChI is InChI=1S/C12H12O3/c1-7(13)9-6-5-8-3-2-4-10(14)11(8)12(9)15/h2-4,9,14H,5-6H2,1H3. The van der Waals surface area contributed by atoms with Crippen LogP contribution in [0.5, 0.6) is 5.75 Å². The number of hydrogen-bond donors (Lipinski definition) is 1. The van der Waals surface area contributed by atoms with Crippen molar-refractivity contribution in [2.24, 2.45) is 5.92 Å². The van der Waals surface area contributed by atoms with E-state index in [1.807, 2.05) is 6.07 Å². The molecular weight excluding hydrogens is 192 g/mol. The van der Waals surface area contributed by atoms with Crippen LogP contribution in [0.4, 0.5) is 0 Å². The summed E-state index contributed by atoms with van der Waals surface area (Å²) in [6.45, 7) is 1.42. The number of aromatic hydroxyl groups is 1. The van der Waals surface area contributed by atoms with Crippen LogP contribution in [-0.2, 0) is 11.2 Å². The number of fused-ring (bicyclic) bond motifs is 1. The highest BCUT2D eigenvalue weighted by molar-refractivity contribution is 6.12. The summed E-state index contributed by atoms with van der Waals surface area (Å²) in [5, 5.41) is 9.59. The van der Waals surface area contributed by atoms with Crippen molar-refractivity contribution in [2.75, 3.05) is 0 Å². The maximum absolute atomic E-state index is 11.9. The number of Topliss-reactive ketones (excluding diaryl/α,β-unsaturated/α-hetero) is 2. The Kier molecular flexibility index (Phi) is 2.31. The Balaban J connectivity index is 2.50. The topological polar surface area (TPSA) is 54.4 Å². The second kappa shape index (κ2) is 3.50. The quantitative estimate of drug-likeness (QED) is 0.709. The molecule has 2 rings (SSSR count). The van der Waals surface area contributed by atoms with Crippen molar-refractivity contribution in [1.29, 1.82) is 0 Å². The van der Waals surface area contributed by atoms with Crippen LogP contribution in [0, 0.1) is 5.92 Å². The van der Waals surface area contributed by atoms with Gasteiger partial charge in [-0.05, 0) is 31.4 Å². The molecule has 0 amide bonds. The summed E-state index contributed by atoms with van der Waals surface area (Å²) < 4.78 is 0. The minimum Gasteiger partial charge on any atom is -0.507 e. The van der Waals surface area contributed by atoms with Crippen molar-refractivity contribution in [3.05, 3.63) is 29.3 Å². The fourth-order valence-corrected chi connectivity index (χ4v) is 2.07. The zero-order valence-electron chi connectivity index (χ0n) is 8.49. The molecule has 1 unspecified atom stereocenters. The van der Waals surface area contributed by atoms with Crippen LogP contribution in [0.2, 0.25) is 0 Å². The molecule has 1 aliphatic carbocycles. The van der Waals surface area contributed by atoms with Gasteiger partial charge in [-0.2, -0.15) is 0 Å². The number of carbonyl (C=O) groups is 2. The smallest absolute Gasteiger partial charge is 0.177 e. The molecule has 1 atom stereocenters. The molecule has 78 valence electrons. The van der Waals surface area contributed by atoms with Crippen molar-refractivity contribution in [3.8, 4) is 5.75 Å². The lowest BCUT2D eigenvalue weighted by molar-refractivity contribution is -0.119. The third kappa shape index (κ3) is 1.54. The number of phenols is 1. The van der Waals surface area contributed by atoms with Crippen LogP contribution >= 0.6 is 0 Å². The molecule has 3 heteroatoms. The number of rotatable bonds is 1. The van der Waals surface area contributed by atoms with Gasteiger partial charge in [0, 0.05) is 0 Å². The molecule has 1 N–H and O–H groups in total. The molecule has 1 aromatic carbocycles. The van der Waals surface area contributed by atoms with Crippen molar-refractivity contribution >= 4 is 11.6 Å². The summed E-state index contributed by atoms with van der Waals surface area (Å²) in [6.07, 6.45) is 1.24. The molecule has 1 aromatic rings. The SMILES string of the molecule is CC(=O)C1CCc2cccc(O)c2C1=O. The highest BCUT2D eigenvalue weighted by atomic mass is 16.3. The first kappa shape index (κ1) is 9.90. The van der Waals surface area contributed by atoms with E-state index in [1.54, 1.807) is 6.07 Å². The van der Waals surface area contributed by atoms with Crippen molar-refractivity contribution in [3.63, 3.8) is 0 Å². The largest absolute Gasteiger partial charge is 0.507 e. The molecule has 0 saturated carbocycles. The van der Waals surface area contributed by atoms with E-state index in [2.05, 4.69) is 0 Å². The Morgan fingerprint density at radius 2 is 2.20 bits per heavy atom. The van der Waals surface area contributed by atoms with Crippen LogP contribution in [0.3, 0.4) is 0 Å². The van der Waals surface area contributed by atoms with Gasteiger partial charge in [-0.3, -0.25) is 9.59 Å². The Morgan fingerprint density at radius 1 is 1.47 bits per heavy atom. The predicted octanol–water partition coefficient (Wildman–Crippen LogP) is 1.73. The number of hydrogen-bond acceptors (Lipinski definition) is 3. The third-order valence-corrected chi connectivity index (χ3v) is 2.88. The van der Waals surface area contributed by atoms with Crippen LogP contribution in [0.15, 0.2) is 18.2 Å². The molecule has 0 radical (unpaired) electrons. The van der Waals surface area contributed by atoms with Gasteiger partial charge in [-0.25, -0.2) is 0 Å². The molecule has 0 saturated heterocycles. The van der Waals surface area contributed by atoms with Crippen molar-refractivity contribution < 1.29 is 14.7 Å². The molecule has 0 aliphatic heterocycles. The first-order valence-corrected chi connectivity index (χ1v) is 4.97. The fourth-order valence-electron chi connectivity index (χ4n) is 2.07. The lowest BCUT2D eigenvalue weighted by Crippen LogP contribution is -2.27. The summed E-state index contributed by atoms with van der Waals surface area (Å²) in [5.41, 5.74) is 1.18. The van der Waals surface area contributed by atoms with E-state index in [4.69, 9.17) is 0 Å². The summed E-state index contributed by atoms with van der Waals surface area (Å²) in [4.78, 5) is 23.1. The van der Waals surface area contributed by atoms with Gasteiger partial charge in [0.05, 0.1) is 11.5 Å². The average Bonchev–Trinajstić information content (AvgIpc) is 2.17. The Bertz CT molecular complexity index is 434. The Hall–Kier alpha value is -1.64. The normalized spacial score (nSPS) is 19.8. The number of benzene rings is 1. The molecule has 0 fully saturated rings. The van der Waals surface area contributed by atoms with E-state index in [1.165, 1.54) is 13.0 Å². The minimum atomic E-state index is -0.564. The number of ketones is 2. The van der Waals surface area contributed by atoms with E-state index in [0.29, 0.717) is 18.4 Å². The third-order valence-electron chi connectivity index (χ3n) is 2.88. The monoisotopic (exact) mass is 204 g/mol. The van der Waals surface area contributed by atoms with Gasteiger partial charge in [0.1, 0.15) is 11.5 Å². The summed E-state index contributed by atoms with van der Waals surface area (Å²) >= 11 is 0. The van der Waals surface area contributed by atoms with E-state index in [9.17, 15) is 14.7 Å². The van der Waals surface area contributed by atoms with Gasteiger partial charge < -0.3 is 5.11 Å². The molecule has 0 spiro atoms. The van der Waals surface area contributed by atoms with E-state index in [-0.39, 0.29) is 17.3 Å². The first-order valence-electron chi connectivity index (χ1n) is 4.97. The fraction of sp³-hybridized carbons (Fsp3) is 0.333. The van der Waals surface area contributed by atoms with Crippen LogP contribution in [0.1, 0.15) is 29.3 Å². The minimum absolute atomic E-state index is 0.0107. The summed E-state index contributed by atoms with van der Waals surface area (Å²) in [7, 11) is 0. The lowest BCUT2D eigenvalue weighted by atomic mass is 9.80. The second-order valence-corrected chi connectivity index (χ2v) is 3.88. The average molecular weight is 204 g/mol. The number of phenolic OH excluding ortho intramolecular Hbond substituents is 1. The van der Waals surface area contributed by atoms with Crippen LogP contribution in [0.25, 0.3) is 0 Å². The van der Waals surface area contributed by atoms with E-state index >= 15 is 0 Å². The number of aryl methyl sites for hydroxylation is 1. The number of carbonyl (C=O) groups excluding carboxylic acids is 2. The maximum atomic E-state index is 11.9. The highest BCUT2D eigenvalue weighted by Gasteiger charge is 2.32. The summed E-state index contributed by atoms with van der Waals surface area (Å²) in [6, 6.07) is 5.03. The molecule has 0 heterocycles. The second-order valence-electron chi connectivity index (χ2n) is 3.88. The van der Waals surface area contributed by atoms with Gasteiger partial charge in [-0.1, -0.05) is 12.1 Å². The molecule has 1 aliphatic rings. The van der Waals surface area contributed by atoms with Gasteiger partial charge in [-0.15, -0.1) is 0 Å². The molecule has 15 heavy (non-hydrogen) atoms. The van der Waals surface area contributed by atoms with Gasteiger partial charge in [0.25, 0.3) is 0 Å². The van der Waals surface area contributed by atoms with Crippen LogP contribution in [-0.4, -0.2) is 16.7 Å². The van der Waals surface area contributed by atoms with Crippen molar-refractivity contribution in [2.45, 2.75) is 19.8 Å². The van der Waals surface area contributed by atoms with Gasteiger partial charge in [0.15, 0.2) is 5.78 Å². The zero-order chi connectivity index (χ0) is 11.0. The lowest BCUT2D eigenvalue weighted by Gasteiger charge is -2.21. The Labute approximate surface area is 87.7 Å². The predicted molar refractivity (Wildman–Crippen MR) is 54.9 cm³/mol. The Morgan fingerprint density at radius 3 is 2.87 bits per heavy atom. The first-order chi connectivity index (χ1) is 7.11. The van der Waals surface area contributed by atoms with E-state index in [0.717, 1.165) is 5.56 Å². The summed E-state index contributed by atoms with van der Waals surface area (Å²) in [5.74, 6) is -0.926. The van der Waals surface area contributed by atoms with Crippen molar-refractivity contribution in [1.82, 2.24) is 0 Å². The van der Waals surface area contributed by atoms with E-state index < -0.39 is 5.92 Å². The van der Waals surface area contributed by atoms with Gasteiger partial charge in [0.2, 0.25) is 0 Å². The molecule has 0 aromatic heterocycles. The van der Waals surface area contributed by atoms with Crippen LogP contribution < -0.4 is 0 Å². The molecular formula is C12H12O3. The molecule has 0 bridgehead atoms. The van der Waals surface area contributed by atoms with Gasteiger partial charge >= 0.3 is 0 Å².